The molecule has 0 unspecified atom stereocenters. The van der Waals surface area contributed by atoms with Crippen LogP contribution in [0.15, 0.2) is 30.3 Å². The number of likely N-dealkylation sites (tertiary alicyclic amines) is 1. The predicted octanol–water partition coefficient (Wildman–Crippen LogP) is 3.76. The Hall–Kier alpha value is -1.46. The van der Waals surface area contributed by atoms with Gasteiger partial charge >= 0.3 is 0 Å². The first-order chi connectivity index (χ1) is 11.7. The average molecular weight is 343 g/mol. The summed E-state index contributed by atoms with van der Waals surface area (Å²) in [6, 6.07) is 11.3. The van der Waals surface area contributed by atoms with E-state index in [1.165, 1.54) is 31.4 Å². The number of hydrogen-bond donors (Lipinski definition) is 0. The Labute approximate surface area is 148 Å². The first-order valence-electron chi connectivity index (χ1n) is 9.03. The second kappa shape index (κ2) is 6.81. The third kappa shape index (κ3) is 3.47. The Kier molecular flexibility index (Phi) is 4.55. The molecule has 1 aromatic heterocycles. The monoisotopic (exact) mass is 342 g/mol. The summed E-state index contributed by atoms with van der Waals surface area (Å²) >= 11 is 1.57. The lowest BCUT2D eigenvalue weighted by atomic mass is 9.92. The van der Waals surface area contributed by atoms with E-state index in [1.54, 1.807) is 11.5 Å². The van der Waals surface area contributed by atoms with Crippen molar-refractivity contribution in [1.29, 1.82) is 0 Å². The fourth-order valence-electron chi connectivity index (χ4n) is 3.62. The number of likely N-dealkylation sites (N-methyl/N-ethyl adjacent to an activating group) is 1. The smallest absolute Gasteiger partial charge is 0.205 e. The number of benzene rings is 1. The van der Waals surface area contributed by atoms with Gasteiger partial charge in [0.2, 0.25) is 5.13 Å². The SMILES string of the molecule is C[C@@H]1CCN(Cc2ccccc2)C[C@@H]1N(C)c1nc(C2CC2)ns1. The molecule has 2 aliphatic rings. The number of aromatic nitrogens is 2. The summed E-state index contributed by atoms with van der Waals surface area (Å²) in [5, 5.41) is 1.09. The highest BCUT2D eigenvalue weighted by Gasteiger charge is 2.32. The van der Waals surface area contributed by atoms with Crippen LogP contribution in [0, 0.1) is 5.92 Å². The van der Waals surface area contributed by atoms with Crippen LogP contribution in [-0.2, 0) is 6.54 Å². The molecule has 0 amide bonds. The first-order valence-corrected chi connectivity index (χ1v) is 9.81. The van der Waals surface area contributed by atoms with Crippen molar-refractivity contribution in [2.45, 2.75) is 44.7 Å². The highest BCUT2D eigenvalue weighted by atomic mass is 32.1. The molecule has 1 aromatic carbocycles. The third-order valence-electron chi connectivity index (χ3n) is 5.42. The predicted molar refractivity (Wildman–Crippen MR) is 99.6 cm³/mol. The Bertz CT molecular complexity index is 667. The van der Waals surface area contributed by atoms with Crippen LogP contribution >= 0.6 is 11.5 Å². The van der Waals surface area contributed by atoms with Crippen molar-refractivity contribution in [1.82, 2.24) is 14.3 Å². The molecule has 1 aliphatic heterocycles. The minimum Gasteiger partial charge on any atom is -0.345 e. The summed E-state index contributed by atoms with van der Waals surface area (Å²) in [5.74, 6) is 2.41. The highest BCUT2D eigenvalue weighted by molar-refractivity contribution is 7.09. The van der Waals surface area contributed by atoms with E-state index in [9.17, 15) is 0 Å². The summed E-state index contributed by atoms with van der Waals surface area (Å²) in [6.45, 7) is 5.71. The Morgan fingerprint density at radius 2 is 2.00 bits per heavy atom. The van der Waals surface area contributed by atoms with Crippen molar-refractivity contribution in [3.05, 3.63) is 41.7 Å². The van der Waals surface area contributed by atoms with Gasteiger partial charge in [-0.15, -0.1) is 0 Å². The van der Waals surface area contributed by atoms with Gasteiger partial charge in [0.25, 0.3) is 0 Å². The maximum atomic E-state index is 4.81. The van der Waals surface area contributed by atoms with Gasteiger partial charge in [-0.2, -0.15) is 4.37 Å². The zero-order valence-corrected chi connectivity index (χ0v) is 15.4. The van der Waals surface area contributed by atoms with Gasteiger partial charge in [0.1, 0.15) is 5.82 Å². The van der Waals surface area contributed by atoms with E-state index < -0.39 is 0 Å². The minimum atomic E-state index is 0.516. The Balaban J connectivity index is 1.43. The van der Waals surface area contributed by atoms with E-state index in [4.69, 9.17) is 4.98 Å². The second-order valence-corrected chi connectivity index (χ2v) is 8.10. The van der Waals surface area contributed by atoms with E-state index in [0.717, 1.165) is 24.0 Å². The lowest BCUT2D eigenvalue weighted by molar-refractivity contribution is 0.159. The van der Waals surface area contributed by atoms with Crippen molar-refractivity contribution in [2.75, 3.05) is 25.0 Å². The van der Waals surface area contributed by atoms with Crippen LogP contribution in [0.2, 0.25) is 0 Å². The molecule has 0 bridgehead atoms. The van der Waals surface area contributed by atoms with E-state index in [1.807, 2.05) is 0 Å². The number of piperidine rings is 1. The van der Waals surface area contributed by atoms with Crippen molar-refractivity contribution in [3.63, 3.8) is 0 Å². The van der Waals surface area contributed by atoms with Gasteiger partial charge < -0.3 is 4.90 Å². The molecule has 4 rings (SSSR count). The van der Waals surface area contributed by atoms with Gasteiger partial charge in [-0.25, -0.2) is 4.98 Å². The van der Waals surface area contributed by atoms with Gasteiger partial charge in [-0.05, 0) is 37.3 Å². The summed E-state index contributed by atoms with van der Waals surface area (Å²) in [5.41, 5.74) is 1.40. The Morgan fingerprint density at radius 1 is 1.21 bits per heavy atom. The highest BCUT2D eigenvalue weighted by Crippen LogP contribution is 2.40. The molecule has 24 heavy (non-hydrogen) atoms. The fourth-order valence-corrected chi connectivity index (χ4v) is 4.39. The zero-order valence-electron chi connectivity index (χ0n) is 14.6. The van der Waals surface area contributed by atoms with Gasteiger partial charge in [0.15, 0.2) is 0 Å². The summed E-state index contributed by atoms with van der Waals surface area (Å²) in [4.78, 5) is 9.77. The van der Waals surface area contributed by atoms with E-state index >= 15 is 0 Å². The molecule has 1 saturated carbocycles. The zero-order chi connectivity index (χ0) is 16.5. The van der Waals surface area contributed by atoms with Gasteiger partial charge in [-0.3, -0.25) is 4.90 Å². The molecule has 128 valence electrons. The Morgan fingerprint density at radius 3 is 2.75 bits per heavy atom. The molecule has 2 atom stereocenters. The summed E-state index contributed by atoms with van der Waals surface area (Å²) in [7, 11) is 2.20. The van der Waals surface area contributed by atoms with Crippen LogP contribution in [0.4, 0.5) is 5.13 Å². The molecule has 0 radical (unpaired) electrons. The summed E-state index contributed by atoms with van der Waals surface area (Å²) < 4.78 is 4.58. The number of anilines is 1. The van der Waals surface area contributed by atoms with Crippen molar-refractivity contribution in [2.24, 2.45) is 5.92 Å². The molecular formula is C19H26N4S. The number of nitrogens with zero attached hydrogens (tertiary/aromatic N) is 4. The molecule has 2 fully saturated rings. The molecular weight excluding hydrogens is 316 g/mol. The van der Waals surface area contributed by atoms with Gasteiger partial charge in [0, 0.05) is 43.6 Å². The van der Waals surface area contributed by atoms with Crippen LogP contribution < -0.4 is 4.90 Å². The maximum absolute atomic E-state index is 4.81. The quantitative estimate of drug-likeness (QED) is 0.828. The van der Waals surface area contributed by atoms with Crippen molar-refractivity contribution in [3.8, 4) is 0 Å². The average Bonchev–Trinajstić information content (AvgIpc) is 3.34. The van der Waals surface area contributed by atoms with Gasteiger partial charge in [-0.1, -0.05) is 37.3 Å². The molecule has 0 spiro atoms. The molecule has 5 heteroatoms. The van der Waals surface area contributed by atoms with E-state index in [-0.39, 0.29) is 0 Å². The largest absolute Gasteiger partial charge is 0.345 e. The standard InChI is InChI=1S/C19H26N4S/c1-14-10-11-23(12-15-6-4-3-5-7-15)13-17(14)22(2)19-20-18(21-24-19)16-8-9-16/h3-7,14,16-17H,8-13H2,1-2H3/t14-,17+/m1/s1. The molecule has 1 saturated heterocycles. The molecule has 2 aromatic rings. The molecule has 1 aliphatic carbocycles. The minimum absolute atomic E-state index is 0.516. The summed E-state index contributed by atoms with van der Waals surface area (Å²) in [6.07, 6.45) is 3.78. The first kappa shape index (κ1) is 16.0. The number of rotatable bonds is 5. The normalized spacial score (nSPS) is 24.9. The third-order valence-corrected chi connectivity index (χ3v) is 6.25. The molecule has 0 N–H and O–H groups in total. The van der Waals surface area contributed by atoms with Crippen LogP contribution in [0.25, 0.3) is 0 Å². The van der Waals surface area contributed by atoms with Crippen LogP contribution in [0.3, 0.4) is 0 Å². The topological polar surface area (TPSA) is 32.3 Å². The van der Waals surface area contributed by atoms with Crippen molar-refractivity contribution < 1.29 is 0 Å². The second-order valence-electron chi connectivity index (χ2n) is 7.37. The van der Waals surface area contributed by atoms with E-state index in [0.29, 0.717) is 17.9 Å². The lowest BCUT2D eigenvalue weighted by Gasteiger charge is -2.41. The van der Waals surface area contributed by atoms with Crippen molar-refractivity contribution >= 4 is 16.7 Å². The van der Waals surface area contributed by atoms with Gasteiger partial charge in [0.05, 0.1) is 0 Å². The fraction of sp³-hybridized carbons (Fsp3) is 0.579. The van der Waals surface area contributed by atoms with Crippen LogP contribution in [-0.4, -0.2) is 40.4 Å². The van der Waals surface area contributed by atoms with Crippen LogP contribution in [0.5, 0.6) is 0 Å². The molecule has 2 heterocycles. The lowest BCUT2D eigenvalue weighted by Crippen LogP contribution is -2.50. The van der Waals surface area contributed by atoms with E-state index in [2.05, 4.69) is 58.5 Å². The van der Waals surface area contributed by atoms with Crippen LogP contribution in [0.1, 0.15) is 43.5 Å². The number of hydrogen-bond acceptors (Lipinski definition) is 5. The maximum Gasteiger partial charge on any atom is 0.205 e. The molecule has 4 nitrogen and oxygen atoms in total.